The van der Waals surface area contributed by atoms with Gasteiger partial charge in [0.25, 0.3) is 0 Å². The summed E-state index contributed by atoms with van der Waals surface area (Å²) in [6, 6.07) is 0. The zero-order valence-corrected chi connectivity index (χ0v) is 12.8. The zero-order valence-electron chi connectivity index (χ0n) is 12.8. The molecule has 7 heteroatoms. The van der Waals surface area contributed by atoms with Gasteiger partial charge in [0.1, 0.15) is 5.69 Å². The van der Waals surface area contributed by atoms with Gasteiger partial charge in [-0.25, -0.2) is 4.79 Å². The minimum absolute atomic E-state index is 0.218. The molecule has 0 spiro atoms. The molecule has 2 fully saturated rings. The molecule has 7 nitrogen and oxygen atoms in total. The van der Waals surface area contributed by atoms with Crippen LogP contribution in [-0.4, -0.2) is 77.0 Å². The zero-order chi connectivity index (χ0) is 15.4. The fraction of sp³-hybridized carbons (Fsp3) is 0.733. The Kier molecular flexibility index (Phi) is 5.07. The Morgan fingerprint density at radius 3 is 2.95 bits per heavy atom. The molecular weight excluding hydrogens is 284 g/mol. The van der Waals surface area contributed by atoms with Crippen LogP contribution in [0.4, 0.5) is 0 Å². The van der Waals surface area contributed by atoms with E-state index in [1.54, 1.807) is 6.20 Å². The quantitative estimate of drug-likeness (QED) is 0.831. The highest BCUT2D eigenvalue weighted by Gasteiger charge is 2.24. The summed E-state index contributed by atoms with van der Waals surface area (Å²) >= 11 is 0. The van der Waals surface area contributed by atoms with Crippen molar-refractivity contribution >= 4 is 5.97 Å². The van der Waals surface area contributed by atoms with Crippen LogP contribution in [0, 0.1) is 5.92 Å². The third kappa shape index (κ3) is 3.85. The molecule has 2 aliphatic heterocycles. The number of morpholine rings is 1. The Morgan fingerprint density at radius 1 is 1.36 bits per heavy atom. The molecule has 0 amide bonds. The number of carboxylic acids is 1. The number of piperidine rings is 1. The van der Waals surface area contributed by atoms with E-state index in [1.807, 2.05) is 0 Å². The second-order valence-corrected chi connectivity index (χ2v) is 6.23. The molecule has 1 atom stereocenters. The van der Waals surface area contributed by atoms with Crippen LogP contribution < -0.4 is 0 Å². The van der Waals surface area contributed by atoms with E-state index in [4.69, 9.17) is 9.84 Å². The highest BCUT2D eigenvalue weighted by molar-refractivity contribution is 5.86. The summed E-state index contributed by atoms with van der Waals surface area (Å²) in [6.45, 7) is 7.59. The normalized spacial score (nSPS) is 24.5. The Hall–Kier alpha value is -1.44. The van der Waals surface area contributed by atoms with Crippen molar-refractivity contribution < 1.29 is 14.6 Å². The summed E-state index contributed by atoms with van der Waals surface area (Å²) in [4.78, 5) is 16.0. The van der Waals surface area contributed by atoms with Crippen molar-refractivity contribution in [3.05, 3.63) is 17.5 Å². The minimum Gasteiger partial charge on any atom is -0.477 e. The second kappa shape index (κ2) is 7.21. The molecule has 2 N–H and O–H groups in total. The molecular formula is C15H24N4O3. The molecule has 0 bridgehead atoms. The van der Waals surface area contributed by atoms with Crippen LogP contribution in [0.1, 0.15) is 28.9 Å². The van der Waals surface area contributed by atoms with Gasteiger partial charge in [0.05, 0.1) is 19.4 Å². The first kappa shape index (κ1) is 15.5. The molecule has 0 aromatic carbocycles. The predicted octanol–water partition coefficient (Wildman–Crippen LogP) is 0.652. The molecule has 0 aliphatic carbocycles. The van der Waals surface area contributed by atoms with Crippen molar-refractivity contribution in [2.24, 2.45) is 5.92 Å². The Morgan fingerprint density at radius 2 is 2.18 bits per heavy atom. The molecule has 1 aromatic rings. The first-order chi connectivity index (χ1) is 10.7. The van der Waals surface area contributed by atoms with Gasteiger partial charge in [0.15, 0.2) is 0 Å². The van der Waals surface area contributed by atoms with Crippen molar-refractivity contribution in [2.75, 3.05) is 45.9 Å². The van der Waals surface area contributed by atoms with E-state index in [2.05, 4.69) is 20.0 Å². The summed E-state index contributed by atoms with van der Waals surface area (Å²) < 4.78 is 5.40. The monoisotopic (exact) mass is 308 g/mol. The number of nitrogens with one attached hydrogen (secondary N) is 1. The fourth-order valence-electron chi connectivity index (χ4n) is 3.45. The average Bonchev–Trinajstić information content (AvgIpc) is 2.97. The van der Waals surface area contributed by atoms with E-state index >= 15 is 0 Å². The maximum atomic E-state index is 11.1. The highest BCUT2D eigenvalue weighted by Crippen LogP contribution is 2.20. The van der Waals surface area contributed by atoms with Gasteiger partial charge in [-0.2, -0.15) is 5.10 Å². The van der Waals surface area contributed by atoms with Gasteiger partial charge in [-0.3, -0.25) is 14.9 Å². The number of carbonyl (C=O) groups is 1. The summed E-state index contributed by atoms with van der Waals surface area (Å²) in [7, 11) is 0. The second-order valence-electron chi connectivity index (χ2n) is 6.23. The molecule has 122 valence electrons. The summed E-state index contributed by atoms with van der Waals surface area (Å²) in [5, 5.41) is 15.6. The predicted molar refractivity (Wildman–Crippen MR) is 80.8 cm³/mol. The molecule has 0 unspecified atom stereocenters. The summed E-state index contributed by atoms with van der Waals surface area (Å²) in [5.41, 5.74) is 0.995. The average molecular weight is 308 g/mol. The smallest absolute Gasteiger partial charge is 0.354 e. The maximum absolute atomic E-state index is 11.1. The number of H-pyrrole nitrogens is 1. The van der Waals surface area contributed by atoms with Crippen molar-refractivity contribution in [3.8, 4) is 0 Å². The molecule has 0 saturated carbocycles. The Balaban J connectivity index is 1.53. The van der Waals surface area contributed by atoms with E-state index in [-0.39, 0.29) is 5.69 Å². The van der Waals surface area contributed by atoms with Gasteiger partial charge in [0, 0.05) is 38.3 Å². The van der Waals surface area contributed by atoms with Crippen LogP contribution in [-0.2, 0) is 11.3 Å². The maximum Gasteiger partial charge on any atom is 0.354 e. The number of aromatic nitrogens is 2. The van der Waals surface area contributed by atoms with Crippen LogP contribution in [0.15, 0.2) is 6.20 Å². The van der Waals surface area contributed by atoms with Gasteiger partial charge < -0.3 is 9.84 Å². The van der Waals surface area contributed by atoms with Crippen LogP contribution in [0.25, 0.3) is 0 Å². The molecule has 22 heavy (non-hydrogen) atoms. The number of rotatable bonds is 5. The summed E-state index contributed by atoms with van der Waals surface area (Å²) in [6.07, 6.45) is 4.06. The van der Waals surface area contributed by atoms with Crippen molar-refractivity contribution in [2.45, 2.75) is 19.4 Å². The Bertz CT molecular complexity index is 499. The Labute approximate surface area is 130 Å². The topological polar surface area (TPSA) is 81.7 Å². The van der Waals surface area contributed by atoms with E-state index in [1.165, 1.54) is 12.8 Å². The minimum atomic E-state index is -0.936. The number of likely N-dealkylation sites (tertiary alicyclic amines) is 1. The van der Waals surface area contributed by atoms with E-state index < -0.39 is 5.97 Å². The molecule has 3 rings (SSSR count). The number of aromatic carboxylic acids is 1. The molecule has 1 aromatic heterocycles. The SMILES string of the molecule is O=C(O)c1[nH]ncc1CN1CCC[C@H](CN2CCOCC2)C1. The lowest BCUT2D eigenvalue weighted by atomic mass is 9.96. The molecule has 3 heterocycles. The van der Waals surface area contributed by atoms with E-state index in [0.717, 1.165) is 51.5 Å². The van der Waals surface area contributed by atoms with Crippen LogP contribution in [0.3, 0.4) is 0 Å². The third-order valence-corrected chi connectivity index (χ3v) is 4.55. The number of ether oxygens (including phenoxy) is 1. The number of aromatic amines is 1. The fourth-order valence-corrected chi connectivity index (χ4v) is 3.45. The van der Waals surface area contributed by atoms with Crippen LogP contribution >= 0.6 is 0 Å². The first-order valence-corrected chi connectivity index (χ1v) is 8.00. The lowest BCUT2D eigenvalue weighted by Gasteiger charge is -2.36. The van der Waals surface area contributed by atoms with Crippen molar-refractivity contribution in [1.29, 1.82) is 0 Å². The highest BCUT2D eigenvalue weighted by atomic mass is 16.5. The van der Waals surface area contributed by atoms with Crippen LogP contribution in [0.2, 0.25) is 0 Å². The lowest BCUT2D eigenvalue weighted by Crippen LogP contribution is -2.44. The van der Waals surface area contributed by atoms with Gasteiger partial charge >= 0.3 is 5.97 Å². The van der Waals surface area contributed by atoms with Crippen molar-refractivity contribution in [3.63, 3.8) is 0 Å². The van der Waals surface area contributed by atoms with E-state index in [9.17, 15) is 4.79 Å². The number of hydrogen-bond acceptors (Lipinski definition) is 5. The van der Waals surface area contributed by atoms with Crippen molar-refractivity contribution in [1.82, 2.24) is 20.0 Å². The lowest BCUT2D eigenvalue weighted by molar-refractivity contribution is 0.0224. The molecule has 0 radical (unpaired) electrons. The number of hydrogen-bond donors (Lipinski definition) is 2. The van der Waals surface area contributed by atoms with Gasteiger partial charge in [-0.1, -0.05) is 0 Å². The van der Waals surface area contributed by atoms with Gasteiger partial charge in [-0.15, -0.1) is 0 Å². The summed E-state index contributed by atoms with van der Waals surface area (Å²) in [5.74, 6) is -0.276. The van der Waals surface area contributed by atoms with Gasteiger partial charge in [0.2, 0.25) is 0 Å². The largest absolute Gasteiger partial charge is 0.477 e. The van der Waals surface area contributed by atoms with E-state index in [0.29, 0.717) is 12.5 Å². The first-order valence-electron chi connectivity index (χ1n) is 8.00. The third-order valence-electron chi connectivity index (χ3n) is 4.55. The van der Waals surface area contributed by atoms with Gasteiger partial charge in [-0.05, 0) is 25.3 Å². The number of nitrogens with zero attached hydrogens (tertiary/aromatic N) is 3. The van der Waals surface area contributed by atoms with Crippen LogP contribution in [0.5, 0.6) is 0 Å². The standard InChI is InChI=1S/C15H24N4O3/c20-15(21)14-13(8-16-17-14)11-19-3-1-2-12(10-19)9-18-4-6-22-7-5-18/h8,12H,1-7,9-11H2,(H,16,17)(H,20,21)/t12-/m1/s1. The molecule has 2 saturated heterocycles. The molecule has 2 aliphatic rings. The number of carboxylic acid groups (broad SMARTS) is 1.